The van der Waals surface area contributed by atoms with Gasteiger partial charge in [0.2, 0.25) is 5.91 Å². The maximum atomic E-state index is 12.2. The zero-order chi connectivity index (χ0) is 15.9. The number of aromatic nitrogens is 1. The lowest BCUT2D eigenvalue weighted by Crippen LogP contribution is -2.46. The van der Waals surface area contributed by atoms with Gasteiger partial charge in [-0.05, 0) is 37.5 Å². The van der Waals surface area contributed by atoms with Crippen LogP contribution >= 0.6 is 0 Å². The van der Waals surface area contributed by atoms with Crippen molar-refractivity contribution in [2.45, 2.75) is 26.2 Å². The molecule has 2 rings (SSSR count). The van der Waals surface area contributed by atoms with Gasteiger partial charge >= 0.3 is 5.97 Å². The molecule has 1 aliphatic heterocycles. The van der Waals surface area contributed by atoms with E-state index < -0.39 is 11.9 Å². The number of ether oxygens (including phenoxy) is 1. The molecule has 2 heterocycles. The number of piperidine rings is 1. The van der Waals surface area contributed by atoms with Gasteiger partial charge < -0.3 is 9.64 Å². The Labute approximate surface area is 129 Å². The summed E-state index contributed by atoms with van der Waals surface area (Å²) in [6, 6.07) is 3.73. The van der Waals surface area contributed by atoms with E-state index in [1.54, 1.807) is 19.3 Å². The number of ketones is 1. The summed E-state index contributed by atoms with van der Waals surface area (Å²) in [7, 11) is 0. The summed E-state index contributed by atoms with van der Waals surface area (Å²) in [5.74, 6) is -1.49. The number of rotatable bonds is 5. The molecule has 1 fully saturated rings. The topological polar surface area (TPSA) is 76.6 Å². The molecule has 6 nitrogen and oxygen atoms in total. The summed E-state index contributed by atoms with van der Waals surface area (Å²) >= 11 is 0. The molecule has 6 heteroatoms. The lowest BCUT2D eigenvalue weighted by molar-refractivity contribution is -0.156. The van der Waals surface area contributed by atoms with Gasteiger partial charge in [-0.25, -0.2) is 0 Å². The standard InChI is InChI=1S/C16H20N2O4/c1-2-22-16(21)13-7-10-18(11-14(13)19)15(20)4-3-12-5-8-17-9-6-12/h5-6,8-9,13H,2-4,7,10-11H2,1H3. The molecule has 0 aromatic carbocycles. The Morgan fingerprint density at radius 3 is 2.73 bits per heavy atom. The van der Waals surface area contributed by atoms with Crippen LogP contribution in [-0.4, -0.2) is 47.2 Å². The summed E-state index contributed by atoms with van der Waals surface area (Å²) in [5, 5.41) is 0. The van der Waals surface area contributed by atoms with E-state index in [1.165, 1.54) is 4.90 Å². The predicted molar refractivity (Wildman–Crippen MR) is 78.9 cm³/mol. The quantitative estimate of drug-likeness (QED) is 0.599. The van der Waals surface area contributed by atoms with E-state index in [0.29, 0.717) is 25.8 Å². The van der Waals surface area contributed by atoms with Crippen molar-refractivity contribution in [1.29, 1.82) is 0 Å². The minimum absolute atomic E-state index is 0.00133. The fourth-order valence-electron chi connectivity index (χ4n) is 2.49. The van der Waals surface area contributed by atoms with Crippen molar-refractivity contribution in [1.82, 2.24) is 9.88 Å². The Bertz CT molecular complexity index is 544. The number of pyridine rings is 1. The zero-order valence-electron chi connectivity index (χ0n) is 12.7. The number of hydrogen-bond donors (Lipinski definition) is 0. The molecule has 1 saturated heterocycles. The molecule has 0 bridgehead atoms. The number of aryl methyl sites for hydroxylation is 1. The van der Waals surface area contributed by atoms with E-state index in [2.05, 4.69) is 4.98 Å². The Balaban J connectivity index is 1.83. The highest BCUT2D eigenvalue weighted by atomic mass is 16.5. The number of esters is 1. The molecule has 1 unspecified atom stereocenters. The van der Waals surface area contributed by atoms with Gasteiger partial charge in [-0.3, -0.25) is 19.4 Å². The zero-order valence-corrected chi connectivity index (χ0v) is 12.7. The van der Waals surface area contributed by atoms with Crippen LogP contribution in [0.3, 0.4) is 0 Å². The largest absolute Gasteiger partial charge is 0.465 e. The molecule has 0 aliphatic carbocycles. The third kappa shape index (κ3) is 4.13. The van der Waals surface area contributed by atoms with Crippen molar-refractivity contribution in [2.75, 3.05) is 19.7 Å². The van der Waals surface area contributed by atoms with E-state index in [1.807, 2.05) is 12.1 Å². The summed E-state index contributed by atoms with van der Waals surface area (Å²) in [6.07, 6.45) is 4.69. The average Bonchev–Trinajstić information content (AvgIpc) is 2.53. The second-order valence-corrected chi connectivity index (χ2v) is 5.23. The highest BCUT2D eigenvalue weighted by Gasteiger charge is 2.34. The molecule has 0 saturated carbocycles. The summed E-state index contributed by atoms with van der Waals surface area (Å²) in [5.41, 5.74) is 1.04. The number of hydrogen-bond acceptors (Lipinski definition) is 5. The van der Waals surface area contributed by atoms with Crippen molar-refractivity contribution in [3.8, 4) is 0 Å². The Morgan fingerprint density at radius 1 is 1.36 bits per heavy atom. The fourth-order valence-corrected chi connectivity index (χ4v) is 2.49. The van der Waals surface area contributed by atoms with Crippen LogP contribution in [0.15, 0.2) is 24.5 Å². The molecule has 1 amide bonds. The van der Waals surface area contributed by atoms with Crippen LogP contribution in [0.25, 0.3) is 0 Å². The van der Waals surface area contributed by atoms with E-state index in [-0.39, 0.29) is 24.8 Å². The SMILES string of the molecule is CCOC(=O)C1CCN(C(=O)CCc2ccncc2)CC1=O. The van der Waals surface area contributed by atoms with Crippen LogP contribution in [-0.2, 0) is 25.5 Å². The first-order valence-corrected chi connectivity index (χ1v) is 7.48. The second-order valence-electron chi connectivity index (χ2n) is 5.23. The lowest BCUT2D eigenvalue weighted by atomic mass is 9.95. The van der Waals surface area contributed by atoms with E-state index in [0.717, 1.165) is 5.56 Å². The number of carbonyl (C=O) groups excluding carboxylic acids is 3. The maximum absolute atomic E-state index is 12.2. The van der Waals surface area contributed by atoms with Crippen LogP contribution in [0.2, 0.25) is 0 Å². The molecule has 1 aromatic heterocycles. The van der Waals surface area contributed by atoms with Crippen LogP contribution in [0, 0.1) is 5.92 Å². The van der Waals surface area contributed by atoms with Crippen molar-refractivity contribution < 1.29 is 19.1 Å². The molecule has 118 valence electrons. The lowest BCUT2D eigenvalue weighted by Gasteiger charge is -2.29. The Hall–Kier alpha value is -2.24. The predicted octanol–water partition coefficient (Wildman–Crippen LogP) is 0.995. The normalized spacial score (nSPS) is 18.1. The van der Waals surface area contributed by atoms with Gasteiger partial charge in [-0.1, -0.05) is 0 Å². The minimum Gasteiger partial charge on any atom is -0.465 e. The monoisotopic (exact) mass is 304 g/mol. The number of carbonyl (C=O) groups is 3. The average molecular weight is 304 g/mol. The van der Waals surface area contributed by atoms with Gasteiger partial charge in [-0.2, -0.15) is 0 Å². The van der Waals surface area contributed by atoms with E-state index in [4.69, 9.17) is 4.74 Å². The van der Waals surface area contributed by atoms with Gasteiger partial charge in [-0.15, -0.1) is 0 Å². The third-order valence-corrected chi connectivity index (χ3v) is 3.72. The third-order valence-electron chi connectivity index (χ3n) is 3.72. The Kier molecular flexibility index (Phi) is 5.63. The summed E-state index contributed by atoms with van der Waals surface area (Å²) in [4.78, 5) is 41.3. The Morgan fingerprint density at radius 2 is 2.09 bits per heavy atom. The molecular weight excluding hydrogens is 284 g/mol. The van der Waals surface area contributed by atoms with Gasteiger partial charge in [0.1, 0.15) is 5.92 Å². The molecular formula is C16H20N2O4. The first-order valence-electron chi connectivity index (χ1n) is 7.48. The molecule has 0 N–H and O–H groups in total. The number of likely N-dealkylation sites (tertiary alicyclic amines) is 1. The van der Waals surface area contributed by atoms with Crippen molar-refractivity contribution in [3.05, 3.63) is 30.1 Å². The summed E-state index contributed by atoms with van der Waals surface area (Å²) < 4.78 is 4.88. The highest BCUT2D eigenvalue weighted by molar-refractivity contribution is 6.01. The van der Waals surface area contributed by atoms with Crippen LogP contribution in [0.5, 0.6) is 0 Å². The van der Waals surface area contributed by atoms with E-state index >= 15 is 0 Å². The molecule has 1 aliphatic rings. The highest BCUT2D eigenvalue weighted by Crippen LogP contribution is 2.17. The molecule has 0 spiro atoms. The summed E-state index contributed by atoms with van der Waals surface area (Å²) in [6.45, 7) is 2.39. The fraction of sp³-hybridized carbons (Fsp3) is 0.500. The van der Waals surface area contributed by atoms with Gasteiger partial charge in [0.15, 0.2) is 5.78 Å². The van der Waals surface area contributed by atoms with Gasteiger partial charge in [0.05, 0.1) is 13.2 Å². The van der Waals surface area contributed by atoms with Crippen molar-refractivity contribution in [3.63, 3.8) is 0 Å². The van der Waals surface area contributed by atoms with Crippen LogP contribution in [0.1, 0.15) is 25.3 Å². The van der Waals surface area contributed by atoms with Crippen LogP contribution < -0.4 is 0 Å². The molecule has 0 radical (unpaired) electrons. The second kappa shape index (κ2) is 7.68. The van der Waals surface area contributed by atoms with Crippen molar-refractivity contribution in [2.24, 2.45) is 5.92 Å². The number of nitrogens with zero attached hydrogens (tertiary/aromatic N) is 2. The van der Waals surface area contributed by atoms with Gasteiger partial charge in [0.25, 0.3) is 0 Å². The smallest absolute Gasteiger partial charge is 0.316 e. The first-order chi connectivity index (χ1) is 10.6. The minimum atomic E-state index is -0.718. The molecule has 22 heavy (non-hydrogen) atoms. The number of Topliss-reactive ketones (excluding diaryl/α,β-unsaturated/α-hetero) is 1. The van der Waals surface area contributed by atoms with E-state index in [9.17, 15) is 14.4 Å². The molecule has 1 atom stereocenters. The van der Waals surface area contributed by atoms with Gasteiger partial charge in [0, 0.05) is 25.4 Å². The molecule has 1 aromatic rings. The van der Waals surface area contributed by atoms with Crippen LogP contribution in [0.4, 0.5) is 0 Å². The first kappa shape index (κ1) is 16.1. The maximum Gasteiger partial charge on any atom is 0.316 e. The number of amides is 1. The van der Waals surface area contributed by atoms with Crippen molar-refractivity contribution >= 4 is 17.7 Å².